The van der Waals surface area contributed by atoms with Crippen LogP contribution < -0.4 is 15.4 Å². The zero-order valence-electron chi connectivity index (χ0n) is 23.5. The van der Waals surface area contributed by atoms with E-state index in [1.54, 1.807) is 53.7 Å². The first-order chi connectivity index (χ1) is 19.1. The number of benzene rings is 1. The second-order valence-electron chi connectivity index (χ2n) is 10.7. The Balaban J connectivity index is 1.85. The number of carbonyl (C=O) groups is 2. The number of rotatable bonds is 8. The lowest BCUT2D eigenvalue weighted by Crippen LogP contribution is -2.33. The fraction of sp³-hybridized carbons (Fsp3) is 0.370. The van der Waals surface area contributed by atoms with Gasteiger partial charge in [0.2, 0.25) is 0 Å². The van der Waals surface area contributed by atoms with E-state index in [-0.39, 0.29) is 36.1 Å². The maximum absolute atomic E-state index is 14.6. The SMILES string of the molecule is CC(C)(C)OC(=O)Nc1cc(Nc2cc(-c3cc(Cl)ccc3F)nnc2OCCN(S)C(=O)OC(C)(C)C)ccn1. The lowest BCUT2D eigenvalue weighted by molar-refractivity contribution is 0.0392. The summed E-state index contributed by atoms with van der Waals surface area (Å²) in [6.45, 7) is 10.5. The van der Waals surface area contributed by atoms with Gasteiger partial charge in [0.05, 0.1) is 12.2 Å². The summed E-state index contributed by atoms with van der Waals surface area (Å²) < 4.78 is 32.0. The van der Waals surface area contributed by atoms with E-state index in [2.05, 4.69) is 38.6 Å². The van der Waals surface area contributed by atoms with Gasteiger partial charge >= 0.3 is 12.2 Å². The number of thiol groups is 1. The predicted molar refractivity (Wildman–Crippen MR) is 157 cm³/mol. The monoisotopic (exact) mass is 606 g/mol. The number of carbonyl (C=O) groups excluding carboxylic acids is 2. The molecule has 0 fully saturated rings. The van der Waals surface area contributed by atoms with Gasteiger partial charge < -0.3 is 19.5 Å². The number of hydrogen-bond donors (Lipinski definition) is 3. The second kappa shape index (κ2) is 13.2. The molecule has 0 bridgehead atoms. The van der Waals surface area contributed by atoms with E-state index in [9.17, 15) is 14.0 Å². The Kier molecular flexibility index (Phi) is 10.2. The van der Waals surface area contributed by atoms with Gasteiger partial charge in [0.25, 0.3) is 5.88 Å². The molecule has 2 N–H and O–H groups in total. The molecule has 220 valence electrons. The first kappa shape index (κ1) is 31.7. The van der Waals surface area contributed by atoms with Gasteiger partial charge in [-0.2, -0.15) is 0 Å². The molecule has 14 heteroatoms. The number of halogens is 2. The highest BCUT2D eigenvalue weighted by molar-refractivity contribution is 7.78. The summed E-state index contributed by atoms with van der Waals surface area (Å²) in [7, 11) is 0. The summed E-state index contributed by atoms with van der Waals surface area (Å²) in [6.07, 6.45) is 0.167. The van der Waals surface area contributed by atoms with E-state index < -0.39 is 29.2 Å². The van der Waals surface area contributed by atoms with Gasteiger partial charge in [-0.1, -0.05) is 24.4 Å². The zero-order chi connectivity index (χ0) is 30.4. The molecule has 0 saturated heterocycles. The minimum absolute atomic E-state index is 0.0151. The highest BCUT2D eigenvalue weighted by atomic mass is 35.5. The largest absolute Gasteiger partial charge is 0.473 e. The van der Waals surface area contributed by atoms with E-state index in [0.29, 0.717) is 16.4 Å². The van der Waals surface area contributed by atoms with Crippen LogP contribution in [-0.2, 0) is 9.47 Å². The molecule has 0 spiro atoms. The first-order valence-electron chi connectivity index (χ1n) is 12.5. The zero-order valence-corrected chi connectivity index (χ0v) is 25.1. The summed E-state index contributed by atoms with van der Waals surface area (Å²) >= 11 is 10.2. The Morgan fingerprint density at radius 2 is 1.73 bits per heavy atom. The topological polar surface area (TPSA) is 128 Å². The minimum Gasteiger partial charge on any atom is -0.473 e. The van der Waals surface area contributed by atoms with Crippen LogP contribution in [0.4, 0.5) is 31.2 Å². The number of anilines is 3. The van der Waals surface area contributed by atoms with Gasteiger partial charge in [0.1, 0.15) is 35.1 Å². The van der Waals surface area contributed by atoms with Gasteiger partial charge in [-0.15, -0.1) is 10.2 Å². The number of aromatic nitrogens is 3. The quantitative estimate of drug-likeness (QED) is 0.235. The average Bonchev–Trinajstić information content (AvgIpc) is 2.84. The van der Waals surface area contributed by atoms with Crippen molar-refractivity contribution in [3.63, 3.8) is 0 Å². The standard InChI is InChI=1S/C27H32ClFN6O5S/c1-26(2,3)39-24(36)32-22-14-17(9-10-30-22)31-21-15-20(18-13-16(28)7-8-19(18)29)33-34-23(21)38-12-11-35(41)25(37)40-27(4,5)6/h7-10,13-15,41H,11-12H2,1-6H3,(H2,30,31,32,33,36). The lowest BCUT2D eigenvalue weighted by Gasteiger charge is -2.23. The van der Waals surface area contributed by atoms with Crippen LogP contribution in [-0.4, -0.2) is 56.0 Å². The molecular weight excluding hydrogens is 575 g/mol. The van der Waals surface area contributed by atoms with Crippen LogP contribution >= 0.6 is 24.4 Å². The number of amides is 2. The molecular formula is C27H32ClFN6O5S. The van der Waals surface area contributed by atoms with Crippen molar-refractivity contribution in [2.45, 2.75) is 52.7 Å². The maximum Gasteiger partial charge on any atom is 0.420 e. The minimum atomic E-state index is -0.688. The molecule has 2 aromatic heterocycles. The van der Waals surface area contributed by atoms with Gasteiger partial charge in [-0.05, 0) is 71.9 Å². The molecule has 1 aromatic carbocycles. The van der Waals surface area contributed by atoms with Crippen molar-refractivity contribution in [2.24, 2.45) is 0 Å². The Hall–Kier alpha value is -3.84. The van der Waals surface area contributed by atoms with Crippen molar-refractivity contribution in [1.82, 2.24) is 19.5 Å². The molecule has 11 nitrogen and oxygen atoms in total. The molecule has 0 unspecified atom stereocenters. The smallest absolute Gasteiger partial charge is 0.420 e. The maximum atomic E-state index is 14.6. The molecule has 0 saturated carbocycles. The summed E-state index contributed by atoms with van der Waals surface area (Å²) in [4.78, 5) is 28.5. The third kappa shape index (κ3) is 10.3. The average molecular weight is 607 g/mol. The Morgan fingerprint density at radius 3 is 2.41 bits per heavy atom. The van der Waals surface area contributed by atoms with Gasteiger partial charge in [0, 0.05) is 28.5 Å². The first-order valence-corrected chi connectivity index (χ1v) is 13.3. The molecule has 0 aliphatic carbocycles. The lowest BCUT2D eigenvalue weighted by atomic mass is 10.1. The third-order valence-electron chi connectivity index (χ3n) is 4.78. The molecule has 0 radical (unpaired) electrons. The predicted octanol–water partition coefficient (Wildman–Crippen LogP) is 6.88. The van der Waals surface area contributed by atoms with Crippen molar-refractivity contribution in [1.29, 1.82) is 0 Å². The number of pyridine rings is 1. The Labute approximate surface area is 248 Å². The van der Waals surface area contributed by atoms with Crippen LogP contribution in [0.3, 0.4) is 0 Å². The summed E-state index contributed by atoms with van der Waals surface area (Å²) in [6, 6.07) is 8.82. The van der Waals surface area contributed by atoms with Crippen LogP contribution in [0.15, 0.2) is 42.6 Å². The van der Waals surface area contributed by atoms with Crippen molar-refractivity contribution >= 4 is 53.8 Å². The molecule has 0 aliphatic rings. The van der Waals surface area contributed by atoms with Crippen molar-refractivity contribution < 1.29 is 28.2 Å². The number of nitrogens with zero attached hydrogens (tertiary/aromatic N) is 4. The number of nitrogens with one attached hydrogen (secondary N) is 2. The fourth-order valence-electron chi connectivity index (χ4n) is 3.18. The molecule has 3 rings (SSSR count). The summed E-state index contributed by atoms with van der Waals surface area (Å²) in [5.74, 6) is -0.266. The van der Waals surface area contributed by atoms with E-state index in [4.69, 9.17) is 25.8 Å². The van der Waals surface area contributed by atoms with E-state index in [1.165, 1.54) is 30.5 Å². The van der Waals surface area contributed by atoms with E-state index in [0.717, 1.165) is 4.31 Å². The van der Waals surface area contributed by atoms with Crippen LogP contribution in [0.2, 0.25) is 5.02 Å². The molecule has 2 heterocycles. The van der Waals surface area contributed by atoms with Crippen molar-refractivity contribution in [2.75, 3.05) is 23.8 Å². The summed E-state index contributed by atoms with van der Waals surface area (Å²) in [5.41, 5.74) is -0.252. The molecule has 41 heavy (non-hydrogen) atoms. The molecule has 3 aromatic rings. The highest BCUT2D eigenvalue weighted by Gasteiger charge is 2.21. The summed E-state index contributed by atoms with van der Waals surface area (Å²) in [5, 5.41) is 14.2. The van der Waals surface area contributed by atoms with Crippen LogP contribution in [0.25, 0.3) is 11.3 Å². The van der Waals surface area contributed by atoms with Gasteiger partial charge in [-0.3, -0.25) is 9.62 Å². The van der Waals surface area contributed by atoms with Crippen molar-refractivity contribution in [3.8, 4) is 17.1 Å². The van der Waals surface area contributed by atoms with Crippen molar-refractivity contribution in [3.05, 3.63) is 53.4 Å². The second-order valence-corrected chi connectivity index (χ2v) is 11.6. The van der Waals surface area contributed by atoms with Crippen LogP contribution in [0.5, 0.6) is 5.88 Å². The van der Waals surface area contributed by atoms with Crippen LogP contribution in [0.1, 0.15) is 41.5 Å². The highest BCUT2D eigenvalue weighted by Crippen LogP contribution is 2.32. The normalized spacial score (nSPS) is 11.4. The number of hydrogen-bond acceptors (Lipinski definition) is 10. The van der Waals surface area contributed by atoms with Crippen LogP contribution in [0, 0.1) is 5.82 Å². The number of ether oxygens (including phenoxy) is 3. The Bertz CT molecular complexity index is 1400. The molecule has 2 amide bonds. The van der Waals surface area contributed by atoms with Gasteiger partial charge in [0.15, 0.2) is 0 Å². The third-order valence-corrected chi connectivity index (χ3v) is 5.38. The Morgan fingerprint density at radius 1 is 1.02 bits per heavy atom. The van der Waals surface area contributed by atoms with E-state index in [1.807, 2.05) is 0 Å². The molecule has 0 aliphatic heterocycles. The van der Waals surface area contributed by atoms with Gasteiger partial charge in [-0.25, -0.2) is 19.0 Å². The molecule has 0 atom stereocenters. The van der Waals surface area contributed by atoms with E-state index >= 15 is 0 Å². The fourth-order valence-corrected chi connectivity index (χ4v) is 3.47.